The second kappa shape index (κ2) is 6.54. The van der Waals surface area contributed by atoms with E-state index in [1.54, 1.807) is 0 Å². The number of hydrogen-bond donors (Lipinski definition) is 3. The first kappa shape index (κ1) is 11.2. The van der Waals surface area contributed by atoms with Crippen molar-refractivity contribution in [1.29, 1.82) is 0 Å². The lowest BCUT2D eigenvalue weighted by molar-refractivity contribution is 0.578. The van der Waals surface area contributed by atoms with E-state index in [0.717, 1.165) is 19.5 Å². The average Bonchev–Trinajstić information content (AvgIpc) is 2.20. The highest BCUT2D eigenvalue weighted by molar-refractivity contribution is 5.15. The molecular weight excluding hydrogens is 174 g/mol. The number of nitrogens with two attached hydrogens (primary N) is 2. The zero-order chi connectivity index (χ0) is 10.2. The van der Waals surface area contributed by atoms with Crippen LogP contribution in [0.25, 0.3) is 0 Å². The maximum atomic E-state index is 5.94. The zero-order valence-corrected chi connectivity index (χ0v) is 8.45. The van der Waals surface area contributed by atoms with E-state index in [-0.39, 0.29) is 6.04 Å². The fraction of sp³-hybridized carbons (Fsp3) is 0.455. The van der Waals surface area contributed by atoms with Gasteiger partial charge in [-0.15, -0.1) is 0 Å². The van der Waals surface area contributed by atoms with E-state index in [2.05, 4.69) is 17.4 Å². The van der Waals surface area contributed by atoms with E-state index in [9.17, 15) is 0 Å². The van der Waals surface area contributed by atoms with Crippen LogP contribution in [0.15, 0.2) is 30.3 Å². The van der Waals surface area contributed by atoms with Gasteiger partial charge in [0.05, 0.1) is 0 Å². The third-order valence-corrected chi connectivity index (χ3v) is 2.07. The van der Waals surface area contributed by atoms with Crippen molar-refractivity contribution in [2.24, 2.45) is 11.5 Å². The van der Waals surface area contributed by atoms with E-state index < -0.39 is 0 Å². The summed E-state index contributed by atoms with van der Waals surface area (Å²) < 4.78 is 0. The summed E-state index contributed by atoms with van der Waals surface area (Å²) in [7, 11) is 0. The number of hydrogen-bond acceptors (Lipinski definition) is 3. The molecule has 1 rings (SSSR count). The summed E-state index contributed by atoms with van der Waals surface area (Å²) in [4.78, 5) is 0. The van der Waals surface area contributed by atoms with Gasteiger partial charge in [0.25, 0.3) is 0 Å². The molecule has 78 valence electrons. The Bertz CT molecular complexity index is 236. The largest absolute Gasteiger partial charge is 0.329 e. The van der Waals surface area contributed by atoms with Crippen molar-refractivity contribution >= 4 is 0 Å². The van der Waals surface area contributed by atoms with Crippen LogP contribution in [0, 0.1) is 0 Å². The third kappa shape index (κ3) is 4.37. The Hall–Kier alpha value is -0.900. The molecule has 0 amide bonds. The van der Waals surface area contributed by atoms with Crippen molar-refractivity contribution in [3.05, 3.63) is 35.9 Å². The molecular formula is C11H19N3. The van der Waals surface area contributed by atoms with Crippen molar-refractivity contribution in [3.63, 3.8) is 0 Å². The molecule has 0 radical (unpaired) electrons. The van der Waals surface area contributed by atoms with Crippen LogP contribution in [0.2, 0.25) is 0 Å². The first-order valence-electron chi connectivity index (χ1n) is 5.03. The maximum Gasteiger partial charge on any atom is 0.0206 e. The topological polar surface area (TPSA) is 64.1 Å². The molecule has 0 aliphatic rings. The average molecular weight is 193 g/mol. The summed E-state index contributed by atoms with van der Waals surface area (Å²) in [5.41, 5.74) is 12.6. The molecule has 5 N–H and O–H groups in total. The van der Waals surface area contributed by atoms with Crippen molar-refractivity contribution in [2.45, 2.75) is 12.5 Å². The number of rotatable bonds is 6. The molecule has 0 aromatic heterocycles. The van der Waals surface area contributed by atoms with Gasteiger partial charge in [-0.05, 0) is 12.0 Å². The first-order chi connectivity index (χ1) is 6.83. The van der Waals surface area contributed by atoms with Gasteiger partial charge in [0.1, 0.15) is 0 Å². The Labute approximate surface area is 85.5 Å². The fourth-order valence-electron chi connectivity index (χ4n) is 1.38. The SMILES string of the molecule is NCCNCC(N)Cc1ccccc1. The van der Waals surface area contributed by atoms with Crippen LogP contribution < -0.4 is 16.8 Å². The van der Waals surface area contributed by atoms with E-state index in [0.29, 0.717) is 6.54 Å². The van der Waals surface area contributed by atoms with Gasteiger partial charge in [-0.3, -0.25) is 0 Å². The molecule has 0 heterocycles. The summed E-state index contributed by atoms with van der Waals surface area (Å²) in [5.74, 6) is 0. The van der Waals surface area contributed by atoms with Gasteiger partial charge >= 0.3 is 0 Å². The van der Waals surface area contributed by atoms with Crippen LogP contribution in [0.3, 0.4) is 0 Å². The van der Waals surface area contributed by atoms with E-state index in [1.807, 2.05) is 18.2 Å². The van der Waals surface area contributed by atoms with Crippen LogP contribution >= 0.6 is 0 Å². The first-order valence-corrected chi connectivity index (χ1v) is 5.03. The molecule has 1 aromatic carbocycles. The smallest absolute Gasteiger partial charge is 0.0206 e. The van der Waals surface area contributed by atoms with Gasteiger partial charge < -0.3 is 16.8 Å². The highest BCUT2D eigenvalue weighted by Gasteiger charge is 2.02. The predicted octanol–water partition coefficient (Wildman–Crippen LogP) is 0.105. The summed E-state index contributed by atoms with van der Waals surface area (Å²) in [5, 5.41) is 3.21. The molecule has 1 unspecified atom stereocenters. The minimum atomic E-state index is 0.170. The zero-order valence-electron chi connectivity index (χ0n) is 8.45. The van der Waals surface area contributed by atoms with E-state index in [1.165, 1.54) is 5.56 Å². The Kier molecular flexibility index (Phi) is 5.22. The second-order valence-corrected chi connectivity index (χ2v) is 3.44. The quantitative estimate of drug-likeness (QED) is 0.562. The van der Waals surface area contributed by atoms with Crippen molar-refractivity contribution in [1.82, 2.24) is 5.32 Å². The minimum absolute atomic E-state index is 0.170. The van der Waals surface area contributed by atoms with Crippen molar-refractivity contribution in [2.75, 3.05) is 19.6 Å². The van der Waals surface area contributed by atoms with E-state index >= 15 is 0 Å². The molecule has 3 heteroatoms. The van der Waals surface area contributed by atoms with Gasteiger partial charge in [-0.25, -0.2) is 0 Å². The van der Waals surface area contributed by atoms with Crippen LogP contribution in [0.1, 0.15) is 5.56 Å². The second-order valence-electron chi connectivity index (χ2n) is 3.44. The highest BCUT2D eigenvalue weighted by atomic mass is 14.9. The highest BCUT2D eigenvalue weighted by Crippen LogP contribution is 2.00. The van der Waals surface area contributed by atoms with Crippen LogP contribution in [0.4, 0.5) is 0 Å². The Morgan fingerprint density at radius 2 is 1.93 bits per heavy atom. The molecule has 14 heavy (non-hydrogen) atoms. The molecule has 3 nitrogen and oxygen atoms in total. The van der Waals surface area contributed by atoms with Gasteiger partial charge in [-0.2, -0.15) is 0 Å². The standard InChI is InChI=1S/C11H19N3/c12-6-7-14-9-11(13)8-10-4-2-1-3-5-10/h1-5,11,14H,6-9,12-13H2. The van der Waals surface area contributed by atoms with Crippen LogP contribution in [-0.2, 0) is 6.42 Å². The minimum Gasteiger partial charge on any atom is -0.329 e. The lowest BCUT2D eigenvalue weighted by Gasteiger charge is -2.12. The van der Waals surface area contributed by atoms with E-state index in [4.69, 9.17) is 11.5 Å². The summed E-state index contributed by atoms with van der Waals surface area (Å²) in [6, 6.07) is 10.5. The summed E-state index contributed by atoms with van der Waals surface area (Å²) >= 11 is 0. The Morgan fingerprint density at radius 3 is 2.57 bits per heavy atom. The Morgan fingerprint density at radius 1 is 1.21 bits per heavy atom. The van der Waals surface area contributed by atoms with Crippen molar-refractivity contribution < 1.29 is 0 Å². The molecule has 0 bridgehead atoms. The molecule has 0 saturated heterocycles. The monoisotopic (exact) mass is 193 g/mol. The summed E-state index contributed by atoms with van der Waals surface area (Å²) in [6.07, 6.45) is 0.915. The third-order valence-electron chi connectivity index (χ3n) is 2.07. The predicted molar refractivity (Wildman–Crippen MR) is 60.0 cm³/mol. The van der Waals surface area contributed by atoms with Crippen LogP contribution in [-0.4, -0.2) is 25.7 Å². The Balaban J connectivity index is 2.23. The van der Waals surface area contributed by atoms with Crippen molar-refractivity contribution in [3.8, 4) is 0 Å². The molecule has 0 aliphatic carbocycles. The molecule has 0 aliphatic heterocycles. The van der Waals surface area contributed by atoms with Gasteiger partial charge in [0.15, 0.2) is 0 Å². The molecule has 0 fully saturated rings. The van der Waals surface area contributed by atoms with Gasteiger partial charge in [-0.1, -0.05) is 30.3 Å². The lowest BCUT2D eigenvalue weighted by atomic mass is 10.1. The molecule has 0 spiro atoms. The lowest BCUT2D eigenvalue weighted by Crippen LogP contribution is -2.37. The normalized spacial score (nSPS) is 12.7. The van der Waals surface area contributed by atoms with Crippen LogP contribution in [0.5, 0.6) is 0 Å². The number of benzene rings is 1. The van der Waals surface area contributed by atoms with Gasteiger partial charge in [0.2, 0.25) is 0 Å². The van der Waals surface area contributed by atoms with Gasteiger partial charge in [0, 0.05) is 25.7 Å². The summed E-state index contributed by atoms with van der Waals surface area (Å²) in [6.45, 7) is 2.33. The molecule has 1 atom stereocenters. The fourth-order valence-corrected chi connectivity index (χ4v) is 1.38. The molecule has 1 aromatic rings. The molecule has 0 saturated carbocycles. The number of nitrogens with one attached hydrogen (secondary N) is 1. The maximum absolute atomic E-state index is 5.94.